The molecule has 0 bridgehead atoms. The minimum absolute atomic E-state index is 0.0431. The van der Waals surface area contributed by atoms with Crippen molar-refractivity contribution >= 4 is 11.6 Å². The molecule has 0 radical (unpaired) electrons. The number of fused-ring (bicyclic) bond motifs is 2. The van der Waals surface area contributed by atoms with Gasteiger partial charge >= 0.3 is 0 Å². The van der Waals surface area contributed by atoms with Gasteiger partial charge in [0.1, 0.15) is 5.60 Å². The Balaban J connectivity index is 1.62. The first-order valence-corrected chi connectivity index (χ1v) is 11.0. The highest BCUT2D eigenvalue weighted by Crippen LogP contribution is 2.46. The van der Waals surface area contributed by atoms with Crippen LogP contribution in [0.1, 0.15) is 50.7 Å². The first kappa shape index (κ1) is 19.6. The largest absolute Gasteiger partial charge is 0.493 e. The van der Waals surface area contributed by atoms with E-state index < -0.39 is 0 Å². The van der Waals surface area contributed by atoms with Gasteiger partial charge in [-0.15, -0.1) is 0 Å². The first-order valence-electron chi connectivity index (χ1n) is 11.0. The van der Waals surface area contributed by atoms with Crippen LogP contribution in [0.25, 0.3) is 0 Å². The normalized spacial score (nSPS) is 27.9. The number of amides is 1. The molecule has 1 aliphatic carbocycles. The van der Waals surface area contributed by atoms with Crippen LogP contribution in [0.2, 0.25) is 0 Å². The van der Waals surface area contributed by atoms with Crippen LogP contribution < -0.4 is 9.47 Å². The molecule has 6 nitrogen and oxygen atoms in total. The molecule has 0 saturated carbocycles. The fourth-order valence-electron chi connectivity index (χ4n) is 5.28. The van der Waals surface area contributed by atoms with E-state index in [9.17, 15) is 4.79 Å². The number of rotatable bonds is 3. The van der Waals surface area contributed by atoms with Crippen molar-refractivity contribution in [3.8, 4) is 11.5 Å². The molecule has 3 aliphatic heterocycles. The van der Waals surface area contributed by atoms with Crippen molar-refractivity contribution < 1.29 is 19.0 Å². The van der Waals surface area contributed by atoms with Crippen LogP contribution in [0, 0.1) is 11.8 Å². The van der Waals surface area contributed by atoms with E-state index in [1.54, 1.807) is 12.1 Å². The molecular weight excluding hydrogens is 380 g/mol. The van der Waals surface area contributed by atoms with Gasteiger partial charge in [-0.3, -0.25) is 4.79 Å². The van der Waals surface area contributed by atoms with Crippen molar-refractivity contribution in [2.24, 2.45) is 16.9 Å². The number of ether oxygens (including phenoxy) is 3. The molecule has 2 unspecified atom stereocenters. The summed E-state index contributed by atoms with van der Waals surface area (Å²) in [4.78, 5) is 13.4. The summed E-state index contributed by atoms with van der Waals surface area (Å²) >= 11 is 0. The summed E-state index contributed by atoms with van der Waals surface area (Å²) in [6, 6.07) is 4.20. The smallest absolute Gasteiger partial charge is 0.247 e. The Labute approximate surface area is 177 Å². The lowest BCUT2D eigenvalue weighted by Crippen LogP contribution is -2.50. The number of hydrogen-bond acceptors (Lipinski definition) is 5. The van der Waals surface area contributed by atoms with E-state index in [4.69, 9.17) is 19.3 Å². The molecule has 6 heteroatoms. The number of allylic oxidation sites excluding steroid dienone is 2. The second-order valence-electron chi connectivity index (χ2n) is 9.33. The van der Waals surface area contributed by atoms with Crippen LogP contribution in [-0.2, 0) is 16.0 Å². The SMILES string of the molecule is COc1ccc(C2=NN(C3CCOCC3)C(=O)C3CC=CCC23)c2c1OC(C)(C)C2. The van der Waals surface area contributed by atoms with Gasteiger partial charge in [-0.25, -0.2) is 5.01 Å². The number of methoxy groups -OCH3 is 1. The number of nitrogens with zero attached hydrogens (tertiary/aromatic N) is 2. The van der Waals surface area contributed by atoms with Gasteiger partial charge in [0.15, 0.2) is 11.5 Å². The van der Waals surface area contributed by atoms with Crippen molar-refractivity contribution in [3.05, 3.63) is 35.4 Å². The van der Waals surface area contributed by atoms with Crippen LogP contribution in [0.5, 0.6) is 11.5 Å². The standard InChI is InChI=1S/C24H30N2O4/c1-24(2)14-19-17(8-9-20(28-3)22(19)30-24)21-16-6-4-5-7-18(16)23(27)26(25-21)15-10-12-29-13-11-15/h4-5,8-9,15-16,18H,6-7,10-14H2,1-3H3. The highest BCUT2D eigenvalue weighted by Gasteiger charge is 2.44. The van der Waals surface area contributed by atoms with Crippen molar-refractivity contribution in [1.29, 1.82) is 0 Å². The van der Waals surface area contributed by atoms with E-state index >= 15 is 0 Å². The van der Waals surface area contributed by atoms with Gasteiger partial charge in [-0.2, -0.15) is 5.10 Å². The molecule has 0 spiro atoms. The maximum Gasteiger partial charge on any atom is 0.247 e. The van der Waals surface area contributed by atoms with Gasteiger partial charge < -0.3 is 14.2 Å². The zero-order valence-corrected chi connectivity index (χ0v) is 18.0. The van der Waals surface area contributed by atoms with E-state index in [1.807, 2.05) is 6.07 Å². The second-order valence-corrected chi connectivity index (χ2v) is 9.33. The van der Waals surface area contributed by atoms with Crippen molar-refractivity contribution in [2.75, 3.05) is 20.3 Å². The summed E-state index contributed by atoms with van der Waals surface area (Å²) in [5.41, 5.74) is 2.98. The predicted molar refractivity (Wildman–Crippen MR) is 114 cm³/mol. The molecule has 160 valence electrons. The fourth-order valence-corrected chi connectivity index (χ4v) is 5.28. The number of benzene rings is 1. The van der Waals surface area contributed by atoms with Crippen LogP contribution >= 0.6 is 0 Å². The lowest BCUT2D eigenvalue weighted by atomic mass is 9.75. The lowest BCUT2D eigenvalue weighted by Gasteiger charge is -2.41. The molecule has 1 aromatic rings. The fraction of sp³-hybridized carbons (Fsp3) is 0.583. The Bertz CT molecular complexity index is 914. The van der Waals surface area contributed by atoms with Gasteiger partial charge in [-0.05, 0) is 51.7 Å². The van der Waals surface area contributed by atoms with Crippen LogP contribution in [0.15, 0.2) is 29.4 Å². The Hall–Kier alpha value is -2.34. The van der Waals surface area contributed by atoms with Gasteiger partial charge in [0.2, 0.25) is 5.91 Å². The molecule has 0 aromatic heterocycles. The Morgan fingerprint density at radius 2 is 1.87 bits per heavy atom. The average molecular weight is 411 g/mol. The summed E-state index contributed by atoms with van der Waals surface area (Å²) in [6.07, 6.45) is 8.45. The monoisotopic (exact) mass is 410 g/mol. The maximum absolute atomic E-state index is 13.4. The second kappa shape index (κ2) is 7.41. The average Bonchev–Trinajstić information content (AvgIpc) is 3.09. The molecule has 30 heavy (non-hydrogen) atoms. The molecule has 1 saturated heterocycles. The van der Waals surface area contributed by atoms with Gasteiger partial charge in [0, 0.05) is 36.7 Å². The quantitative estimate of drug-likeness (QED) is 0.713. The third-order valence-electron chi connectivity index (χ3n) is 6.78. The number of carbonyl (C=O) groups is 1. The van der Waals surface area contributed by atoms with E-state index in [0.717, 1.165) is 60.4 Å². The van der Waals surface area contributed by atoms with Gasteiger partial charge in [-0.1, -0.05) is 12.2 Å². The van der Waals surface area contributed by atoms with Crippen LogP contribution in [0.3, 0.4) is 0 Å². The predicted octanol–water partition coefficient (Wildman–Crippen LogP) is 3.72. The first-order chi connectivity index (χ1) is 14.5. The van der Waals surface area contributed by atoms with Gasteiger partial charge in [0.25, 0.3) is 0 Å². The third-order valence-corrected chi connectivity index (χ3v) is 6.78. The molecule has 4 aliphatic rings. The number of hydrazone groups is 1. The van der Waals surface area contributed by atoms with Crippen molar-refractivity contribution in [2.45, 2.75) is 57.6 Å². The number of carbonyl (C=O) groups excluding carboxylic acids is 1. The molecule has 5 rings (SSSR count). The molecule has 2 atom stereocenters. The molecule has 1 fully saturated rings. The summed E-state index contributed by atoms with van der Waals surface area (Å²) in [5, 5.41) is 6.82. The third kappa shape index (κ3) is 3.22. The highest BCUT2D eigenvalue weighted by molar-refractivity contribution is 6.08. The summed E-state index contributed by atoms with van der Waals surface area (Å²) in [5.74, 6) is 1.81. The molecular formula is C24H30N2O4. The Kier molecular flexibility index (Phi) is 4.85. The Morgan fingerprint density at radius 3 is 2.60 bits per heavy atom. The van der Waals surface area contributed by atoms with E-state index in [2.05, 4.69) is 32.1 Å². The van der Waals surface area contributed by atoms with E-state index in [0.29, 0.717) is 13.2 Å². The zero-order valence-electron chi connectivity index (χ0n) is 18.0. The summed E-state index contributed by atoms with van der Waals surface area (Å²) in [6.45, 7) is 5.58. The van der Waals surface area contributed by atoms with E-state index in [-0.39, 0.29) is 29.4 Å². The topological polar surface area (TPSA) is 60.4 Å². The molecule has 0 N–H and O–H groups in total. The summed E-state index contributed by atoms with van der Waals surface area (Å²) < 4.78 is 17.4. The number of hydrogen-bond donors (Lipinski definition) is 0. The van der Waals surface area contributed by atoms with Crippen LogP contribution in [0.4, 0.5) is 0 Å². The molecule has 1 amide bonds. The zero-order chi connectivity index (χ0) is 20.9. The minimum atomic E-state index is -0.289. The summed E-state index contributed by atoms with van der Waals surface area (Å²) in [7, 11) is 1.68. The highest BCUT2D eigenvalue weighted by atomic mass is 16.5. The minimum Gasteiger partial charge on any atom is -0.493 e. The molecule has 1 aromatic carbocycles. The molecule has 3 heterocycles. The van der Waals surface area contributed by atoms with Crippen molar-refractivity contribution in [3.63, 3.8) is 0 Å². The van der Waals surface area contributed by atoms with Crippen LogP contribution in [-0.4, -0.2) is 48.6 Å². The maximum atomic E-state index is 13.4. The lowest BCUT2D eigenvalue weighted by molar-refractivity contribution is -0.142. The van der Waals surface area contributed by atoms with Gasteiger partial charge in [0.05, 0.1) is 24.8 Å². The Morgan fingerprint density at radius 1 is 1.13 bits per heavy atom. The van der Waals surface area contributed by atoms with Crippen molar-refractivity contribution in [1.82, 2.24) is 5.01 Å². The van der Waals surface area contributed by atoms with E-state index in [1.165, 1.54) is 0 Å².